The lowest BCUT2D eigenvalue weighted by atomic mass is 9.98. The van der Waals surface area contributed by atoms with Crippen LogP contribution < -0.4 is 20.9 Å². The van der Waals surface area contributed by atoms with Crippen LogP contribution in [0.15, 0.2) is 66.7 Å². The Bertz CT molecular complexity index is 1290. The van der Waals surface area contributed by atoms with Crippen LogP contribution >= 0.6 is 0 Å². The molecule has 3 N–H and O–H groups in total. The van der Waals surface area contributed by atoms with Crippen molar-refractivity contribution in [2.24, 2.45) is 0 Å². The number of benzene rings is 3. The van der Waals surface area contributed by atoms with Gasteiger partial charge < -0.3 is 20.9 Å². The van der Waals surface area contributed by atoms with Gasteiger partial charge in [0.15, 0.2) is 0 Å². The lowest BCUT2D eigenvalue weighted by molar-refractivity contribution is 0.0951. The summed E-state index contributed by atoms with van der Waals surface area (Å²) in [6.07, 6.45) is 2.92. The Morgan fingerprint density at radius 2 is 1.68 bits per heavy atom. The van der Waals surface area contributed by atoms with Crippen LogP contribution in [-0.2, 0) is 13.0 Å². The van der Waals surface area contributed by atoms with Crippen LogP contribution in [0.5, 0.6) is 0 Å². The van der Waals surface area contributed by atoms with Crippen LogP contribution in [0, 0.1) is 11.3 Å². The van der Waals surface area contributed by atoms with E-state index in [-0.39, 0.29) is 11.9 Å². The van der Waals surface area contributed by atoms with Crippen molar-refractivity contribution in [3.8, 4) is 6.07 Å². The van der Waals surface area contributed by atoms with Crippen molar-refractivity contribution in [2.75, 3.05) is 22.1 Å². The quantitative estimate of drug-likeness (QED) is 0.526. The van der Waals surface area contributed by atoms with Crippen molar-refractivity contribution < 1.29 is 9.59 Å². The number of rotatable bonds is 5. The van der Waals surface area contributed by atoms with Gasteiger partial charge in [0.25, 0.3) is 5.91 Å². The lowest BCUT2D eigenvalue weighted by Gasteiger charge is -2.32. The molecular weight excluding hydrogens is 426 g/mol. The van der Waals surface area contributed by atoms with Crippen molar-refractivity contribution in [1.82, 2.24) is 5.32 Å². The Balaban J connectivity index is 1.37. The van der Waals surface area contributed by atoms with Gasteiger partial charge >= 0.3 is 6.03 Å². The number of fused-ring (bicyclic) bond motifs is 1. The first-order valence-electron chi connectivity index (χ1n) is 11.4. The number of anilines is 3. The Hall–Kier alpha value is -4.31. The minimum Gasteiger partial charge on any atom is -0.366 e. The van der Waals surface area contributed by atoms with Gasteiger partial charge in [0.2, 0.25) is 0 Å². The third-order valence-corrected chi connectivity index (χ3v) is 6.13. The zero-order chi connectivity index (χ0) is 23.5. The minimum absolute atomic E-state index is 0.123. The van der Waals surface area contributed by atoms with E-state index in [4.69, 9.17) is 5.26 Å². The second-order valence-corrected chi connectivity index (χ2v) is 8.69. The number of nitrogens with zero attached hydrogens (tertiary/aromatic N) is 2. The maximum Gasteiger partial charge on any atom is 0.323 e. The normalized spacial score (nSPS) is 14.5. The second-order valence-electron chi connectivity index (χ2n) is 8.69. The molecule has 7 nitrogen and oxygen atoms in total. The highest BCUT2D eigenvalue weighted by atomic mass is 16.2. The highest BCUT2D eigenvalue weighted by Gasteiger charge is 2.27. The lowest BCUT2D eigenvalue weighted by Crippen LogP contribution is -2.33. The summed E-state index contributed by atoms with van der Waals surface area (Å²) in [6.45, 7) is 1.56. The number of carbonyl (C=O) groups is 2. The molecule has 3 amide bonds. The molecular formula is C27H25N5O2. The summed E-state index contributed by atoms with van der Waals surface area (Å²) in [5.74, 6) is -0.123. The molecule has 3 aromatic rings. The summed E-state index contributed by atoms with van der Waals surface area (Å²) in [7, 11) is 0. The highest BCUT2D eigenvalue weighted by Crippen LogP contribution is 2.30. The number of hydrogen-bond donors (Lipinski definition) is 3. The van der Waals surface area contributed by atoms with Crippen molar-refractivity contribution in [1.29, 1.82) is 5.26 Å². The third kappa shape index (κ3) is 4.86. The maximum atomic E-state index is 13.1. The molecule has 0 saturated heterocycles. The molecule has 170 valence electrons. The average Bonchev–Trinajstić information content (AvgIpc) is 3.67. The highest BCUT2D eigenvalue weighted by molar-refractivity contribution is 6.04. The largest absolute Gasteiger partial charge is 0.366 e. The standard InChI is InChI=1S/C27H25N5O2/c28-16-18-4-3-7-22(14-18)30-27(34)31-23-10-11-25(24(15-23)26(33)29-21-8-9-21)32-13-12-19-5-1-2-6-20(19)17-32/h1-7,10-11,14-15,21H,8-9,12-13,17H2,(H,29,33)(H2,30,31,34). The fourth-order valence-electron chi connectivity index (χ4n) is 4.22. The van der Waals surface area contributed by atoms with E-state index in [1.54, 1.807) is 30.3 Å². The molecule has 1 aliphatic heterocycles. The molecule has 2 aliphatic rings. The van der Waals surface area contributed by atoms with Crippen LogP contribution in [0.4, 0.5) is 21.9 Å². The number of nitriles is 1. The number of amides is 3. The van der Waals surface area contributed by atoms with Crippen molar-refractivity contribution in [3.05, 3.63) is 89.0 Å². The zero-order valence-corrected chi connectivity index (χ0v) is 18.7. The van der Waals surface area contributed by atoms with Gasteiger partial charge in [-0.1, -0.05) is 30.3 Å². The Kier molecular flexibility index (Phi) is 5.88. The van der Waals surface area contributed by atoms with Gasteiger partial charge in [-0.05, 0) is 66.8 Å². The topological polar surface area (TPSA) is 97.3 Å². The molecule has 1 fully saturated rings. The van der Waals surface area contributed by atoms with Crippen LogP contribution in [0.1, 0.15) is 39.9 Å². The van der Waals surface area contributed by atoms with E-state index in [9.17, 15) is 9.59 Å². The summed E-state index contributed by atoms with van der Waals surface area (Å²) < 4.78 is 0. The summed E-state index contributed by atoms with van der Waals surface area (Å²) in [5.41, 5.74) is 5.53. The zero-order valence-electron chi connectivity index (χ0n) is 18.7. The Morgan fingerprint density at radius 1 is 0.912 bits per heavy atom. The first-order chi connectivity index (χ1) is 16.6. The van der Waals surface area contributed by atoms with Crippen LogP contribution in [-0.4, -0.2) is 24.5 Å². The van der Waals surface area contributed by atoms with Gasteiger partial charge in [-0.3, -0.25) is 4.79 Å². The van der Waals surface area contributed by atoms with E-state index in [0.717, 1.165) is 38.0 Å². The molecule has 0 bridgehead atoms. The summed E-state index contributed by atoms with van der Waals surface area (Å²) in [4.78, 5) is 27.9. The van der Waals surface area contributed by atoms with Gasteiger partial charge in [-0.2, -0.15) is 5.26 Å². The van der Waals surface area contributed by atoms with E-state index in [0.29, 0.717) is 22.5 Å². The fourth-order valence-corrected chi connectivity index (χ4v) is 4.22. The maximum absolute atomic E-state index is 13.1. The molecule has 0 spiro atoms. The van der Waals surface area contributed by atoms with Crippen LogP contribution in [0.25, 0.3) is 0 Å². The van der Waals surface area contributed by atoms with Gasteiger partial charge in [0.05, 0.1) is 17.2 Å². The van der Waals surface area contributed by atoms with Crippen LogP contribution in [0.2, 0.25) is 0 Å². The molecule has 34 heavy (non-hydrogen) atoms. The van der Waals surface area contributed by atoms with Gasteiger partial charge in [0.1, 0.15) is 0 Å². The first-order valence-corrected chi connectivity index (χ1v) is 11.4. The van der Waals surface area contributed by atoms with E-state index in [1.807, 2.05) is 18.2 Å². The molecule has 1 saturated carbocycles. The number of carbonyl (C=O) groups excluding carboxylic acids is 2. The molecule has 7 heteroatoms. The van der Waals surface area contributed by atoms with E-state index in [1.165, 1.54) is 11.1 Å². The smallest absolute Gasteiger partial charge is 0.323 e. The predicted molar refractivity (Wildman–Crippen MR) is 132 cm³/mol. The second kappa shape index (κ2) is 9.28. The van der Waals surface area contributed by atoms with E-state index >= 15 is 0 Å². The Labute approximate surface area is 198 Å². The summed E-state index contributed by atoms with van der Waals surface area (Å²) >= 11 is 0. The molecule has 0 unspecified atom stereocenters. The van der Waals surface area contributed by atoms with Gasteiger partial charge in [-0.25, -0.2) is 4.79 Å². The van der Waals surface area contributed by atoms with Crippen molar-refractivity contribution in [2.45, 2.75) is 31.8 Å². The molecule has 3 aromatic carbocycles. The summed E-state index contributed by atoms with van der Waals surface area (Å²) in [5, 5.41) is 17.7. The Morgan fingerprint density at radius 3 is 2.44 bits per heavy atom. The molecule has 1 heterocycles. The number of hydrogen-bond acceptors (Lipinski definition) is 4. The van der Waals surface area contributed by atoms with E-state index < -0.39 is 6.03 Å². The van der Waals surface area contributed by atoms with Crippen LogP contribution in [0.3, 0.4) is 0 Å². The van der Waals surface area contributed by atoms with Gasteiger partial charge in [0, 0.05) is 36.2 Å². The first kappa shape index (κ1) is 21.5. The fraction of sp³-hybridized carbons (Fsp3) is 0.222. The number of urea groups is 1. The molecule has 1 aliphatic carbocycles. The van der Waals surface area contributed by atoms with E-state index in [2.05, 4.69) is 45.1 Å². The molecule has 0 atom stereocenters. The molecule has 0 aromatic heterocycles. The van der Waals surface area contributed by atoms with Crippen molar-refractivity contribution in [3.63, 3.8) is 0 Å². The third-order valence-electron chi connectivity index (χ3n) is 6.13. The minimum atomic E-state index is -0.441. The number of nitrogens with one attached hydrogen (secondary N) is 3. The summed E-state index contributed by atoms with van der Waals surface area (Å²) in [6, 6.07) is 22.4. The average molecular weight is 452 g/mol. The molecule has 5 rings (SSSR count). The molecule has 0 radical (unpaired) electrons. The van der Waals surface area contributed by atoms with Crippen molar-refractivity contribution >= 4 is 29.0 Å². The monoisotopic (exact) mass is 451 g/mol. The SMILES string of the molecule is N#Cc1cccc(NC(=O)Nc2ccc(N3CCc4ccccc4C3)c(C(=O)NC3CC3)c2)c1. The predicted octanol–water partition coefficient (Wildman–Crippen LogP) is 4.66. The van der Waals surface area contributed by atoms with Gasteiger partial charge in [-0.15, -0.1) is 0 Å².